The highest BCUT2D eigenvalue weighted by atomic mass is 32.1. The van der Waals surface area contributed by atoms with Gasteiger partial charge in [0, 0.05) is 43.0 Å². The Morgan fingerprint density at radius 2 is 1.73 bits per heavy atom. The molecule has 0 radical (unpaired) electrons. The minimum absolute atomic E-state index is 0.138. The van der Waals surface area contributed by atoms with E-state index < -0.39 is 0 Å². The van der Waals surface area contributed by atoms with Crippen molar-refractivity contribution in [2.75, 3.05) is 32.8 Å². The number of carbonyl (C=O) groups is 2. The number of hydrogen-bond acceptors (Lipinski definition) is 4. The number of amides is 2. The molecule has 3 fully saturated rings. The molecule has 6 rings (SSSR count). The molecular formula is C27H32N2O3S. The summed E-state index contributed by atoms with van der Waals surface area (Å²) in [5, 5.41) is 2.18. The molecule has 1 spiro atoms. The lowest BCUT2D eigenvalue weighted by atomic mass is 9.81. The van der Waals surface area contributed by atoms with E-state index in [1.165, 1.54) is 10.4 Å². The summed E-state index contributed by atoms with van der Waals surface area (Å²) in [6.45, 7) is 3.95. The van der Waals surface area contributed by atoms with E-state index in [4.69, 9.17) is 4.74 Å². The van der Waals surface area contributed by atoms with Crippen LogP contribution in [0.1, 0.15) is 52.9 Å². The molecular weight excluding hydrogens is 432 g/mol. The minimum atomic E-state index is -0.166. The lowest BCUT2D eigenvalue weighted by Crippen LogP contribution is -2.49. The van der Waals surface area contributed by atoms with Crippen molar-refractivity contribution in [3.05, 3.63) is 57.8 Å². The summed E-state index contributed by atoms with van der Waals surface area (Å²) < 4.78 is 6.32. The molecule has 174 valence electrons. The number of carbonyl (C=O) groups excluding carboxylic acids is 2. The van der Waals surface area contributed by atoms with Crippen LogP contribution in [0.4, 0.5) is 0 Å². The molecule has 2 amide bonds. The Labute approximate surface area is 199 Å². The van der Waals surface area contributed by atoms with Crippen LogP contribution in [0.3, 0.4) is 0 Å². The number of fused-ring (bicyclic) bond motifs is 4. The zero-order chi connectivity index (χ0) is 22.4. The number of ether oxygens (including phenoxy) is 1. The third-order valence-electron chi connectivity index (χ3n) is 8.58. The predicted molar refractivity (Wildman–Crippen MR) is 128 cm³/mol. The Morgan fingerprint density at radius 3 is 2.45 bits per heavy atom. The van der Waals surface area contributed by atoms with E-state index in [1.807, 2.05) is 46.6 Å². The van der Waals surface area contributed by atoms with Crippen molar-refractivity contribution in [3.8, 4) is 0 Å². The van der Waals surface area contributed by atoms with Gasteiger partial charge < -0.3 is 14.5 Å². The zero-order valence-corrected chi connectivity index (χ0v) is 19.9. The fourth-order valence-electron chi connectivity index (χ4n) is 6.77. The highest BCUT2D eigenvalue weighted by Gasteiger charge is 2.46. The van der Waals surface area contributed by atoms with Crippen LogP contribution < -0.4 is 0 Å². The third-order valence-corrected chi connectivity index (χ3v) is 9.72. The highest BCUT2D eigenvalue weighted by molar-refractivity contribution is 7.10. The van der Waals surface area contributed by atoms with E-state index in [0.717, 1.165) is 70.5 Å². The highest BCUT2D eigenvalue weighted by Crippen LogP contribution is 2.46. The van der Waals surface area contributed by atoms with E-state index in [0.29, 0.717) is 30.1 Å². The normalized spacial score (nSPS) is 28.1. The summed E-state index contributed by atoms with van der Waals surface area (Å²) in [6, 6.07) is 11.8. The van der Waals surface area contributed by atoms with Crippen LogP contribution in [-0.2, 0) is 21.6 Å². The fourth-order valence-corrected chi connectivity index (χ4v) is 7.94. The van der Waals surface area contributed by atoms with Gasteiger partial charge in [0.2, 0.25) is 5.91 Å². The molecule has 1 aliphatic carbocycles. The maximum Gasteiger partial charge on any atom is 0.253 e. The molecule has 33 heavy (non-hydrogen) atoms. The van der Waals surface area contributed by atoms with Gasteiger partial charge in [0.05, 0.1) is 6.61 Å². The van der Waals surface area contributed by atoms with Gasteiger partial charge in [-0.1, -0.05) is 18.2 Å². The van der Waals surface area contributed by atoms with Crippen molar-refractivity contribution in [2.24, 2.45) is 17.8 Å². The summed E-state index contributed by atoms with van der Waals surface area (Å²) >= 11 is 1.82. The van der Waals surface area contributed by atoms with Crippen LogP contribution in [0, 0.1) is 17.8 Å². The molecule has 1 aromatic heterocycles. The maximum absolute atomic E-state index is 13.3. The Kier molecular flexibility index (Phi) is 5.53. The first-order valence-electron chi connectivity index (χ1n) is 12.5. The van der Waals surface area contributed by atoms with E-state index in [1.54, 1.807) is 0 Å². The standard InChI is InChI=1S/C27H32N2O3S/c30-24(28-12-10-27(11-13-28)25-19(8-14-32-27)9-15-33-25)16-23-21-6-7-22(23)18-29(17-21)26(31)20-4-2-1-3-5-20/h1-5,9,15,21-23H,6-8,10-14,16-18H2. The SMILES string of the molecule is O=C(CC1C2CCC1CN(C(=O)c1ccccc1)C2)N1CCC2(CC1)OCCc1ccsc12. The Bertz CT molecular complexity index is 1010. The summed E-state index contributed by atoms with van der Waals surface area (Å²) in [5.41, 5.74) is 2.05. The quantitative estimate of drug-likeness (QED) is 0.680. The Balaban J connectivity index is 1.07. The van der Waals surface area contributed by atoms with Crippen molar-refractivity contribution < 1.29 is 14.3 Å². The summed E-state index contributed by atoms with van der Waals surface area (Å²) in [4.78, 5) is 31.8. The van der Waals surface area contributed by atoms with E-state index in [9.17, 15) is 9.59 Å². The van der Waals surface area contributed by atoms with Gasteiger partial charge in [-0.2, -0.15) is 0 Å². The van der Waals surface area contributed by atoms with Crippen LogP contribution in [-0.4, -0.2) is 54.4 Å². The molecule has 2 atom stereocenters. The monoisotopic (exact) mass is 464 g/mol. The van der Waals surface area contributed by atoms with Crippen LogP contribution in [0.15, 0.2) is 41.8 Å². The van der Waals surface area contributed by atoms with Gasteiger partial charge in [0.15, 0.2) is 0 Å². The molecule has 2 unspecified atom stereocenters. The minimum Gasteiger partial charge on any atom is -0.369 e. The number of thiophene rings is 1. The Morgan fingerprint density at radius 1 is 1.00 bits per heavy atom. The maximum atomic E-state index is 13.3. The van der Waals surface area contributed by atoms with Crippen molar-refractivity contribution in [1.82, 2.24) is 9.80 Å². The lowest BCUT2D eigenvalue weighted by Gasteiger charge is -2.44. The number of rotatable bonds is 3. The number of nitrogens with zero attached hydrogens (tertiary/aromatic N) is 2. The second kappa shape index (κ2) is 8.55. The van der Waals surface area contributed by atoms with Crippen molar-refractivity contribution in [3.63, 3.8) is 0 Å². The molecule has 1 aromatic carbocycles. The van der Waals surface area contributed by atoms with Crippen LogP contribution >= 0.6 is 11.3 Å². The molecule has 4 heterocycles. The average Bonchev–Trinajstić information content (AvgIpc) is 3.42. The van der Waals surface area contributed by atoms with Gasteiger partial charge in [-0.15, -0.1) is 11.3 Å². The van der Waals surface area contributed by atoms with Crippen molar-refractivity contribution in [2.45, 2.75) is 44.1 Å². The second-order valence-corrected chi connectivity index (χ2v) is 11.2. The number of hydrogen-bond donors (Lipinski definition) is 0. The average molecular weight is 465 g/mol. The summed E-state index contributed by atoms with van der Waals surface area (Å²) in [7, 11) is 0. The molecule has 1 saturated carbocycles. The second-order valence-electron chi connectivity index (χ2n) is 10.3. The number of piperidine rings is 2. The zero-order valence-electron chi connectivity index (χ0n) is 19.1. The fraction of sp³-hybridized carbons (Fsp3) is 0.556. The molecule has 2 bridgehead atoms. The van der Waals surface area contributed by atoms with Crippen LogP contribution in [0.5, 0.6) is 0 Å². The van der Waals surface area contributed by atoms with Crippen molar-refractivity contribution >= 4 is 23.2 Å². The van der Waals surface area contributed by atoms with E-state index in [2.05, 4.69) is 16.3 Å². The summed E-state index contributed by atoms with van der Waals surface area (Å²) in [5.74, 6) is 1.76. The molecule has 4 aliphatic rings. The van der Waals surface area contributed by atoms with Gasteiger partial charge in [-0.05, 0) is 79.0 Å². The van der Waals surface area contributed by atoms with Gasteiger partial charge in [0.25, 0.3) is 5.91 Å². The molecule has 2 saturated heterocycles. The van der Waals surface area contributed by atoms with Gasteiger partial charge in [-0.25, -0.2) is 0 Å². The topological polar surface area (TPSA) is 49.9 Å². The smallest absolute Gasteiger partial charge is 0.253 e. The number of benzene rings is 1. The molecule has 0 N–H and O–H groups in total. The van der Waals surface area contributed by atoms with Gasteiger partial charge in [-0.3, -0.25) is 9.59 Å². The molecule has 3 aliphatic heterocycles. The largest absolute Gasteiger partial charge is 0.369 e. The summed E-state index contributed by atoms with van der Waals surface area (Å²) in [6.07, 6.45) is 5.74. The van der Waals surface area contributed by atoms with E-state index in [-0.39, 0.29) is 11.5 Å². The van der Waals surface area contributed by atoms with Crippen molar-refractivity contribution in [1.29, 1.82) is 0 Å². The van der Waals surface area contributed by atoms with E-state index >= 15 is 0 Å². The first-order chi connectivity index (χ1) is 16.1. The molecule has 5 nitrogen and oxygen atoms in total. The van der Waals surface area contributed by atoms with Crippen LogP contribution in [0.25, 0.3) is 0 Å². The van der Waals surface area contributed by atoms with Crippen LogP contribution in [0.2, 0.25) is 0 Å². The molecule has 2 aromatic rings. The van der Waals surface area contributed by atoms with Gasteiger partial charge in [0.1, 0.15) is 5.60 Å². The first kappa shape index (κ1) is 21.4. The van der Waals surface area contributed by atoms with Gasteiger partial charge >= 0.3 is 0 Å². The lowest BCUT2D eigenvalue weighted by molar-refractivity contribution is -0.142. The first-order valence-corrected chi connectivity index (χ1v) is 13.3. The number of likely N-dealkylation sites (tertiary alicyclic amines) is 2. The molecule has 6 heteroatoms. The predicted octanol–water partition coefficient (Wildman–Crippen LogP) is 4.33. The third kappa shape index (κ3) is 3.81. The Hall–Kier alpha value is -2.18.